The van der Waals surface area contributed by atoms with E-state index in [0.29, 0.717) is 0 Å². The fourth-order valence-corrected chi connectivity index (χ4v) is 0.929. The van der Waals surface area contributed by atoms with E-state index in [1.807, 2.05) is 54.6 Å². The summed E-state index contributed by atoms with van der Waals surface area (Å²) in [6, 6.07) is 17.3. The molecule has 2 aromatic carbocycles. The summed E-state index contributed by atoms with van der Waals surface area (Å²) in [5.74, 6) is 0.134. The van der Waals surface area contributed by atoms with Crippen LogP contribution in [0.5, 0.6) is 0 Å². The van der Waals surface area contributed by atoms with Gasteiger partial charge >= 0.3 is 0 Å². The molecule has 90 valence electrons. The van der Waals surface area contributed by atoms with E-state index < -0.39 is 0 Å². The average Bonchev–Trinajstić information content (AvgIpc) is 2.82. The van der Waals surface area contributed by atoms with Gasteiger partial charge in [0.15, 0.2) is 0 Å². The van der Waals surface area contributed by atoms with E-state index in [4.69, 9.17) is 0 Å². The number of carbonyl (C=O) groups excluding carboxylic acids is 1. The smallest absolute Gasteiger partial charge is 0.105 e. The molecule has 0 saturated carbocycles. The van der Waals surface area contributed by atoms with Crippen molar-refractivity contribution >= 4 is 5.78 Å². The van der Waals surface area contributed by atoms with Gasteiger partial charge < -0.3 is 35.1 Å². The van der Waals surface area contributed by atoms with Gasteiger partial charge in [-0.2, -0.15) is 12.1 Å². The molecular formula is C12H12FeOPd-6. The second-order valence-electron chi connectivity index (χ2n) is 2.69. The van der Waals surface area contributed by atoms with Crippen LogP contribution in [0.2, 0.25) is 0 Å². The Morgan fingerprint density at radius 2 is 1.33 bits per heavy atom. The number of Topliss-reactive ketones (excluding diaryl/α,β-unsaturated/α-hetero) is 1. The molecule has 0 saturated heterocycles. The van der Waals surface area contributed by atoms with E-state index in [9.17, 15) is 4.79 Å². The summed E-state index contributed by atoms with van der Waals surface area (Å²) in [4.78, 5) is 10.5. The van der Waals surface area contributed by atoms with Crippen molar-refractivity contribution in [2.45, 2.75) is 6.92 Å². The van der Waals surface area contributed by atoms with Crippen molar-refractivity contribution in [2.24, 2.45) is 0 Å². The van der Waals surface area contributed by atoms with Gasteiger partial charge in [-0.15, -0.1) is 0 Å². The summed E-state index contributed by atoms with van der Waals surface area (Å²) in [5, 5.41) is 0. The number of hydrogen-bond donors (Lipinski definition) is 0. The van der Waals surface area contributed by atoms with Crippen LogP contribution in [0.4, 0.5) is 0 Å². The Bertz CT molecular complexity index is 307. The Hall–Kier alpha value is -0.448. The zero-order chi connectivity index (χ0) is 9.52. The number of rotatable bonds is 1. The van der Waals surface area contributed by atoms with Crippen molar-refractivity contribution in [2.75, 3.05) is 0 Å². The quantitative estimate of drug-likeness (QED) is 0.445. The van der Waals surface area contributed by atoms with Crippen molar-refractivity contribution in [1.29, 1.82) is 0 Å². The van der Waals surface area contributed by atoms with Gasteiger partial charge in [-0.25, -0.2) is 12.1 Å². The molecular weight excluding hydrogens is 322 g/mol. The van der Waals surface area contributed by atoms with Crippen molar-refractivity contribution in [3.63, 3.8) is 0 Å². The summed E-state index contributed by atoms with van der Waals surface area (Å²) in [5.41, 5.74) is 0.796. The third kappa shape index (κ3) is 7.48. The van der Waals surface area contributed by atoms with Crippen LogP contribution in [0.1, 0.15) is 17.3 Å². The van der Waals surface area contributed by atoms with Gasteiger partial charge in [0, 0.05) is 37.5 Å². The molecule has 0 aliphatic heterocycles. The minimum Gasteiger partial charge on any atom is -0.748 e. The number of ketones is 1. The van der Waals surface area contributed by atoms with Gasteiger partial charge in [-0.05, 0) is 6.92 Å². The van der Waals surface area contributed by atoms with Crippen LogP contribution in [-0.4, -0.2) is 5.78 Å². The molecule has 1 nitrogen and oxygen atoms in total. The van der Waals surface area contributed by atoms with Crippen LogP contribution < -0.4 is 0 Å². The Morgan fingerprint density at radius 3 is 1.53 bits per heavy atom. The monoisotopic (exact) mass is 334 g/mol. The molecule has 15 heavy (non-hydrogen) atoms. The number of hydrogen-bond acceptors (Lipinski definition) is 1. The Labute approximate surface area is 115 Å². The van der Waals surface area contributed by atoms with Crippen LogP contribution in [-0.2, 0) is 37.5 Å². The number of carbonyl (C=O) groups is 1. The molecule has 0 aliphatic rings. The predicted octanol–water partition coefficient (Wildman–Crippen LogP) is 3.01. The molecule has 0 unspecified atom stereocenters. The van der Waals surface area contributed by atoms with Gasteiger partial charge in [-0.3, -0.25) is 0 Å². The van der Waals surface area contributed by atoms with Crippen LogP contribution in [0.3, 0.4) is 0 Å². The SMILES string of the molecule is CC(=O)[c-]1cccc1.[Fe].[Pd].[cH-]1[cH-][cH-][cH-][cH-]1. The van der Waals surface area contributed by atoms with Crippen molar-refractivity contribution in [3.8, 4) is 0 Å². The second-order valence-corrected chi connectivity index (χ2v) is 2.69. The Kier molecular flexibility index (Phi) is 11.4. The normalized spacial score (nSPS) is 7.53. The van der Waals surface area contributed by atoms with Gasteiger partial charge in [0.1, 0.15) is 5.78 Å². The van der Waals surface area contributed by atoms with E-state index in [1.54, 1.807) is 6.92 Å². The van der Waals surface area contributed by atoms with Crippen molar-refractivity contribution < 1.29 is 42.3 Å². The Morgan fingerprint density at radius 1 is 1.00 bits per heavy atom. The molecule has 0 radical (unpaired) electrons. The maximum atomic E-state index is 10.5. The van der Waals surface area contributed by atoms with Crippen LogP contribution >= 0.6 is 0 Å². The maximum Gasteiger partial charge on any atom is 0.105 e. The average molecular weight is 334 g/mol. The molecule has 0 amide bonds. The van der Waals surface area contributed by atoms with Crippen LogP contribution in [0.15, 0.2) is 54.6 Å². The summed E-state index contributed by atoms with van der Waals surface area (Å²) in [6.45, 7) is 1.56. The third-order valence-electron chi connectivity index (χ3n) is 1.62. The molecule has 0 bridgehead atoms. The third-order valence-corrected chi connectivity index (χ3v) is 1.62. The molecule has 0 spiro atoms. The topological polar surface area (TPSA) is 17.1 Å². The van der Waals surface area contributed by atoms with Gasteiger partial charge in [-0.1, -0.05) is 5.56 Å². The summed E-state index contributed by atoms with van der Waals surface area (Å²) < 4.78 is 0. The minimum atomic E-state index is 0. The zero-order valence-electron chi connectivity index (χ0n) is 8.27. The fraction of sp³-hybridized carbons (Fsp3) is 0.0833. The molecule has 3 heteroatoms. The van der Waals surface area contributed by atoms with E-state index in [1.165, 1.54) is 0 Å². The van der Waals surface area contributed by atoms with Gasteiger partial charge in [0.2, 0.25) is 0 Å². The first kappa shape index (κ1) is 17.0. The van der Waals surface area contributed by atoms with Crippen molar-refractivity contribution in [1.82, 2.24) is 0 Å². The first-order chi connectivity index (χ1) is 6.30. The predicted molar refractivity (Wildman–Crippen MR) is 54.1 cm³/mol. The first-order valence-corrected chi connectivity index (χ1v) is 4.20. The minimum absolute atomic E-state index is 0. The largest absolute Gasteiger partial charge is 0.748 e. The zero-order valence-corrected chi connectivity index (χ0v) is 10.9. The fourth-order valence-electron chi connectivity index (χ4n) is 0.929. The molecule has 0 aromatic heterocycles. The molecule has 2 aromatic rings. The summed E-state index contributed by atoms with van der Waals surface area (Å²) in [6.07, 6.45) is 0. The molecule has 0 heterocycles. The van der Waals surface area contributed by atoms with Gasteiger partial charge in [0.25, 0.3) is 0 Å². The summed E-state index contributed by atoms with van der Waals surface area (Å²) in [7, 11) is 0. The van der Waals surface area contributed by atoms with E-state index in [-0.39, 0.29) is 43.3 Å². The van der Waals surface area contributed by atoms with E-state index in [0.717, 1.165) is 5.56 Å². The van der Waals surface area contributed by atoms with Gasteiger partial charge in [0.05, 0.1) is 0 Å². The van der Waals surface area contributed by atoms with E-state index in [2.05, 4.69) is 0 Å². The molecule has 0 N–H and O–H groups in total. The van der Waals surface area contributed by atoms with Crippen LogP contribution in [0, 0.1) is 0 Å². The maximum absolute atomic E-state index is 10.5. The standard InChI is InChI=1S/C7H7O.C5H5.Fe.Pd/c1-6(8)7-4-2-3-5-7;1-2-4-5-3-1;;/h2-5H,1H3;1-5H;;/q-1;-5;;. The molecule has 0 fully saturated rings. The molecule has 2 rings (SSSR count). The second kappa shape index (κ2) is 10.1. The summed E-state index contributed by atoms with van der Waals surface area (Å²) >= 11 is 0. The Balaban J connectivity index is 0. The van der Waals surface area contributed by atoms with E-state index >= 15 is 0 Å². The molecule has 0 atom stereocenters. The molecule has 0 aliphatic carbocycles. The first-order valence-electron chi connectivity index (χ1n) is 4.20. The van der Waals surface area contributed by atoms with Crippen molar-refractivity contribution in [3.05, 3.63) is 60.2 Å². The van der Waals surface area contributed by atoms with Crippen LogP contribution in [0.25, 0.3) is 0 Å².